The summed E-state index contributed by atoms with van der Waals surface area (Å²) < 4.78 is 23.6. The van der Waals surface area contributed by atoms with Crippen LogP contribution in [0.3, 0.4) is 0 Å². The Balaban J connectivity index is 1.85. The third-order valence-corrected chi connectivity index (χ3v) is 6.64. The number of fused-ring (bicyclic) bond motifs is 4. The van der Waals surface area contributed by atoms with Gasteiger partial charge in [-0.2, -0.15) is 0 Å². The number of rotatable bonds is 7. The molecule has 7 heteroatoms. The zero-order valence-corrected chi connectivity index (χ0v) is 20.3. The third-order valence-electron chi connectivity index (χ3n) is 6.64. The predicted octanol–water partition coefficient (Wildman–Crippen LogP) is 4.68. The number of aliphatic hydroxyl groups is 3. The van der Waals surface area contributed by atoms with E-state index in [1.807, 2.05) is 42.5 Å². The third kappa shape index (κ3) is 3.73. The molecule has 5 rings (SSSR count). The first-order valence-corrected chi connectivity index (χ1v) is 11.6. The van der Waals surface area contributed by atoms with Crippen LogP contribution in [0.5, 0.6) is 23.0 Å². The standard InChI is InChI=1S/C29H28O7/c1-33-20-11-7-10-18-23(20)29(35-3)25-24(28(18)34-2)22-19(26(31)27(25)32)12-17(14-30)13-21(22)36-15-16-8-5-4-6-9-16/h4-13,26-27,30-32H,14-15H2,1-3H3/t26-,27-/m0/s1. The maximum atomic E-state index is 11.4. The van der Waals surface area contributed by atoms with Gasteiger partial charge in [-0.15, -0.1) is 0 Å². The topological polar surface area (TPSA) is 97.6 Å². The molecule has 0 bridgehead atoms. The Bertz CT molecular complexity index is 1420. The van der Waals surface area contributed by atoms with E-state index in [-0.39, 0.29) is 13.2 Å². The Morgan fingerprint density at radius 1 is 0.722 bits per heavy atom. The highest BCUT2D eigenvalue weighted by Crippen LogP contribution is 2.58. The van der Waals surface area contributed by atoms with Crippen molar-refractivity contribution in [1.82, 2.24) is 0 Å². The van der Waals surface area contributed by atoms with Crippen molar-refractivity contribution in [1.29, 1.82) is 0 Å². The maximum absolute atomic E-state index is 11.4. The van der Waals surface area contributed by atoms with Crippen molar-refractivity contribution in [3.8, 4) is 34.1 Å². The number of hydrogen-bond acceptors (Lipinski definition) is 7. The number of ether oxygens (including phenoxy) is 4. The average Bonchev–Trinajstić information content (AvgIpc) is 2.93. The van der Waals surface area contributed by atoms with E-state index >= 15 is 0 Å². The summed E-state index contributed by atoms with van der Waals surface area (Å²) in [5.74, 6) is 1.88. The summed E-state index contributed by atoms with van der Waals surface area (Å²) >= 11 is 0. The van der Waals surface area contributed by atoms with Gasteiger partial charge in [0.15, 0.2) is 0 Å². The highest BCUT2D eigenvalue weighted by molar-refractivity contribution is 6.06. The summed E-state index contributed by atoms with van der Waals surface area (Å²) in [7, 11) is 4.64. The summed E-state index contributed by atoms with van der Waals surface area (Å²) in [5, 5.41) is 33.9. The highest BCUT2D eigenvalue weighted by Gasteiger charge is 2.40. The van der Waals surface area contributed by atoms with Crippen LogP contribution in [0.2, 0.25) is 0 Å². The van der Waals surface area contributed by atoms with Gasteiger partial charge in [-0.1, -0.05) is 42.5 Å². The van der Waals surface area contributed by atoms with E-state index in [1.54, 1.807) is 32.4 Å². The van der Waals surface area contributed by atoms with Gasteiger partial charge < -0.3 is 34.3 Å². The molecule has 4 aromatic rings. The van der Waals surface area contributed by atoms with Crippen LogP contribution in [-0.4, -0.2) is 36.6 Å². The molecule has 0 aliphatic heterocycles. The molecule has 0 amide bonds. The summed E-state index contributed by atoms with van der Waals surface area (Å²) in [6, 6.07) is 18.7. The van der Waals surface area contributed by atoms with Crippen molar-refractivity contribution in [3.05, 3.63) is 82.9 Å². The van der Waals surface area contributed by atoms with Crippen molar-refractivity contribution < 1.29 is 34.3 Å². The monoisotopic (exact) mass is 488 g/mol. The van der Waals surface area contributed by atoms with Gasteiger partial charge in [-0.05, 0) is 34.9 Å². The maximum Gasteiger partial charge on any atom is 0.137 e. The van der Waals surface area contributed by atoms with Gasteiger partial charge in [0, 0.05) is 22.1 Å². The Morgan fingerprint density at radius 2 is 1.47 bits per heavy atom. The lowest BCUT2D eigenvalue weighted by Gasteiger charge is -2.34. The molecule has 1 aliphatic carbocycles. The number of benzene rings is 4. The van der Waals surface area contributed by atoms with Crippen LogP contribution >= 0.6 is 0 Å². The number of methoxy groups -OCH3 is 3. The molecule has 7 nitrogen and oxygen atoms in total. The van der Waals surface area contributed by atoms with Gasteiger partial charge in [0.1, 0.15) is 41.8 Å². The molecular formula is C29H28O7. The quantitative estimate of drug-likeness (QED) is 0.347. The molecule has 0 fully saturated rings. The number of hydrogen-bond donors (Lipinski definition) is 3. The lowest BCUT2D eigenvalue weighted by Crippen LogP contribution is -2.20. The molecule has 1 aliphatic rings. The summed E-state index contributed by atoms with van der Waals surface area (Å²) in [5.41, 5.74) is 3.48. The fourth-order valence-electron chi connectivity index (χ4n) is 5.05. The second-order valence-electron chi connectivity index (χ2n) is 8.62. The Kier molecular flexibility index (Phi) is 6.45. The largest absolute Gasteiger partial charge is 0.496 e. The van der Waals surface area contributed by atoms with Crippen LogP contribution in [-0.2, 0) is 13.2 Å². The van der Waals surface area contributed by atoms with Crippen LogP contribution in [0, 0.1) is 0 Å². The van der Waals surface area contributed by atoms with Crippen molar-refractivity contribution in [2.24, 2.45) is 0 Å². The van der Waals surface area contributed by atoms with E-state index in [0.29, 0.717) is 56.2 Å². The Labute approximate surface area is 209 Å². The molecule has 0 aromatic heterocycles. The Hall–Kier alpha value is -3.78. The fraction of sp³-hybridized carbons (Fsp3) is 0.241. The van der Waals surface area contributed by atoms with E-state index in [1.165, 1.54) is 7.11 Å². The summed E-state index contributed by atoms with van der Waals surface area (Å²) in [6.07, 6.45) is -2.61. The van der Waals surface area contributed by atoms with E-state index in [2.05, 4.69) is 0 Å². The Morgan fingerprint density at radius 3 is 2.14 bits per heavy atom. The average molecular weight is 489 g/mol. The molecular weight excluding hydrogens is 460 g/mol. The van der Waals surface area contributed by atoms with E-state index < -0.39 is 12.2 Å². The van der Waals surface area contributed by atoms with E-state index in [9.17, 15) is 15.3 Å². The van der Waals surface area contributed by atoms with Gasteiger partial charge in [0.05, 0.1) is 33.3 Å². The van der Waals surface area contributed by atoms with Gasteiger partial charge >= 0.3 is 0 Å². The molecule has 4 aromatic carbocycles. The van der Waals surface area contributed by atoms with E-state index in [4.69, 9.17) is 18.9 Å². The van der Waals surface area contributed by atoms with Crippen LogP contribution in [0.25, 0.3) is 21.9 Å². The molecule has 0 saturated heterocycles. The molecule has 2 atom stereocenters. The first-order chi connectivity index (χ1) is 17.5. The second kappa shape index (κ2) is 9.70. The number of aliphatic hydroxyl groups excluding tert-OH is 3. The molecule has 0 radical (unpaired) electrons. The van der Waals surface area contributed by atoms with Crippen molar-refractivity contribution in [2.75, 3.05) is 21.3 Å². The van der Waals surface area contributed by atoms with Crippen LogP contribution in [0.1, 0.15) is 34.5 Å². The summed E-state index contributed by atoms with van der Waals surface area (Å²) in [6.45, 7) is 0.0248. The molecule has 0 spiro atoms. The zero-order valence-electron chi connectivity index (χ0n) is 20.3. The molecule has 3 N–H and O–H groups in total. The molecule has 186 valence electrons. The smallest absolute Gasteiger partial charge is 0.137 e. The van der Waals surface area contributed by atoms with Crippen molar-refractivity contribution in [2.45, 2.75) is 25.4 Å². The predicted molar refractivity (Wildman–Crippen MR) is 136 cm³/mol. The molecule has 0 unspecified atom stereocenters. The van der Waals surface area contributed by atoms with Crippen molar-refractivity contribution >= 4 is 10.8 Å². The first-order valence-electron chi connectivity index (χ1n) is 11.6. The minimum atomic E-state index is -1.32. The summed E-state index contributed by atoms with van der Waals surface area (Å²) in [4.78, 5) is 0. The zero-order chi connectivity index (χ0) is 25.4. The molecule has 36 heavy (non-hydrogen) atoms. The normalized spacial score (nSPS) is 16.3. The lowest BCUT2D eigenvalue weighted by atomic mass is 9.78. The van der Waals surface area contributed by atoms with Crippen molar-refractivity contribution in [3.63, 3.8) is 0 Å². The van der Waals surface area contributed by atoms with Crippen LogP contribution < -0.4 is 18.9 Å². The first kappa shape index (κ1) is 23.9. The molecule has 0 heterocycles. The van der Waals surface area contributed by atoms with Crippen LogP contribution in [0.15, 0.2) is 60.7 Å². The minimum absolute atomic E-state index is 0.250. The second-order valence-corrected chi connectivity index (χ2v) is 8.62. The van der Waals surface area contributed by atoms with Crippen LogP contribution in [0.4, 0.5) is 0 Å². The molecule has 0 saturated carbocycles. The lowest BCUT2D eigenvalue weighted by molar-refractivity contribution is 0.0141. The highest BCUT2D eigenvalue weighted by atomic mass is 16.5. The SMILES string of the molecule is COc1c2c(c(OC)c3c(OC)cccc13)[C@H](O)[C@@H](O)c1cc(CO)cc(OCc3ccccc3)c1-2. The van der Waals surface area contributed by atoms with E-state index in [0.717, 1.165) is 10.9 Å². The van der Waals surface area contributed by atoms with Gasteiger partial charge in [0.25, 0.3) is 0 Å². The van der Waals surface area contributed by atoms with Gasteiger partial charge in [-0.3, -0.25) is 0 Å². The van der Waals surface area contributed by atoms with Gasteiger partial charge in [0.2, 0.25) is 0 Å². The minimum Gasteiger partial charge on any atom is -0.496 e. The fourth-order valence-corrected chi connectivity index (χ4v) is 5.05. The van der Waals surface area contributed by atoms with Gasteiger partial charge in [-0.25, -0.2) is 0 Å².